The molecular weight excluding hydrogens is 430 g/mol. The Balaban J connectivity index is 1.85. The molecule has 0 aromatic heterocycles. The van der Waals surface area contributed by atoms with Crippen LogP contribution in [0.3, 0.4) is 0 Å². The summed E-state index contributed by atoms with van der Waals surface area (Å²) in [5.41, 5.74) is 3.15. The summed E-state index contributed by atoms with van der Waals surface area (Å²) in [7, 11) is 2.87. The van der Waals surface area contributed by atoms with Crippen molar-refractivity contribution in [1.82, 2.24) is 0 Å². The zero-order valence-electron chi connectivity index (χ0n) is 19.6. The molecule has 0 bridgehead atoms. The Hall–Kier alpha value is -3.80. The van der Waals surface area contributed by atoms with Crippen LogP contribution < -0.4 is 10.1 Å². The first-order chi connectivity index (χ1) is 16.3. The van der Waals surface area contributed by atoms with E-state index in [2.05, 4.69) is 5.32 Å². The van der Waals surface area contributed by atoms with Gasteiger partial charge in [-0.1, -0.05) is 50.2 Å². The van der Waals surface area contributed by atoms with E-state index in [0.717, 1.165) is 27.6 Å². The van der Waals surface area contributed by atoms with Crippen molar-refractivity contribution >= 4 is 28.2 Å². The highest BCUT2D eigenvalue weighted by Gasteiger charge is 2.50. The van der Waals surface area contributed by atoms with E-state index < -0.39 is 17.3 Å². The summed E-state index contributed by atoms with van der Waals surface area (Å²) >= 11 is 0. The number of carbonyl (C=O) groups excluding carboxylic acids is 2. The molecule has 1 aliphatic carbocycles. The number of anilines is 1. The molecule has 0 fully saturated rings. The number of carbonyl (C=O) groups is 2. The van der Waals surface area contributed by atoms with E-state index in [-0.39, 0.29) is 23.9 Å². The molecule has 5 rings (SSSR count). The number of hydrogen-bond acceptors (Lipinski definition) is 6. The van der Waals surface area contributed by atoms with Crippen LogP contribution in [0, 0.1) is 11.3 Å². The number of ether oxygens (including phenoxy) is 2. The first kappa shape index (κ1) is 22.0. The van der Waals surface area contributed by atoms with Crippen LogP contribution in [0.1, 0.15) is 37.3 Å². The number of nitrogens with one attached hydrogen (secondary N) is 1. The van der Waals surface area contributed by atoms with Gasteiger partial charge in [0.2, 0.25) is 0 Å². The molecule has 1 heterocycles. The van der Waals surface area contributed by atoms with E-state index in [1.807, 2.05) is 56.3 Å². The molecule has 0 amide bonds. The second kappa shape index (κ2) is 7.90. The zero-order valence-corrected chi connectivity index (χ0v) is 19.6. The van der Waals surface area contributed by atoms with Gasteiger partial charge in [0.25, 0.3) is 0 Å². The fourth-order valence-electron chi connectivity index (χ4n) is 5.53. The maximum atomic E-state index is 13.7. The van der Waals surface area contributed by atoms with Crippen LogP contribution in [-0.4, -0.2) is 31.1 Å². The molecule has 174 valence electrons. The largest absolute Gasteiger partial charge is 0.504 e. The summed E-state index contributed by atoms with van der Waals surface area (Å²) in [6, 6.07) is 17.2. The maximum Gasteiger partial charge on any atom is 0.315 e. The Morgan fingerprint density at radius 1 is 1.09 bits per heavy atom. The highest BCUT2D eigenvalue weighted by atomic mass is 16.5. The minimum Gasteiger partial charge on any atom is -0.504 e. The average molecular weight is 458 g/mol. The number of fused-ring (bicyclic) bond motifs is 3. The van der Waals surface area contributed by atoms with Crippen LogP contribution in [0.15, 0.2) is 65.9 Å². The summed E-state index contributed by atoms with van der Waals surface area (Å²) < 4.78 is 10.6. The molecule has 34 heavy (non-hydrogen) atoms. The van der Waals surface area contributed by atoms with Crippen molar-refractivity contribution in [2.75, 3.05) is 19.5 Å². The highest BCUT2D eigenvalue weighted by Crippen LogP contribution is 2.53. The van der Waals surface area contributed by atoms with Gasteiger partial charge in [-0.2, -0.15) is 0 Å². The number of allylic oxidation sites excluding steroid dienone is 1. The maximum absolute atomic E-state index is 13.7. The van der Waals surface area contributed by atoms with Crippen molar-refractivity contribution in [1.29, 1.82) is 0 Å². The fraction of sp³-hybridized carbons (Fsp3) is 0.286. The Morgan fingerprint density at radius 2 is 1.85 bits per heavy atom. The lowest BCUT2D eigenvalue weighted by molar-refractivity contribution is -0.148. The van der Waals surface area contributed by atoms with E-state index in [0.29, 0.717) is 17.0 Å². The second-order valence-electron chi connectivity index (χ2n) is 9.61. The first-order valence-corrected chi connectivity index (χ1v) is 11.3. The Bertz CT molecular complexity index is 1370. The molecule has 6 nitrogen and oxygen atoms in total. The van der Waals surface area contributed by atoms with Crippen molar-refractivity contribution in [3.05, 3.63) is 77.0 Å². The lowest BCUT2D eigenvalue weighted by Crippen LogP contribution is -2.44. The third kappa shape index (κ3) is 3.24. The number of ketones is 1. The molecule has 3 aromatic carbocycles. The SMILES string of the molecule is COC(=O)C1C2=C(C(=O)CC1(C)C)C(c1ccc(O)c(OC)c1)c1c(ccc3ccccc13)N2. The van der Waals surface area contributed by atoms with Gasteiger partial charge in [-0.15, -0.1) is 0 Å². The molecule has 1 aliphatic heterocycles. The van der Waals surface area contributed by atoms with Gasteiger partial charge in [0, 0.05) is 29.3 Å². The molecule has 3 aromatic rings. The smallest absolute Gasteiger partial charge is 0.315 e. The minimum absolute atomic E-state index is 0.0109. The molecule has 2 N–H and O–H groups in total. The number of phenols is 1. The normalized spacial score (nSPS) is 20.9. The van der Waals surface area contributed by atoms with Crippen LogP contribution >= 0.6 is 0 Å². The number of aromatic hydroxyl groups is 1. The molecule has 0 saturated carbocycles. The van der Waals surface area contributed by atoms with Crippen LogP contribution in [-0.2, 0) is 14.3 Å². The summed E-state index contributed by atoms with van der Waals surface area (Å²) in [6.07, 6.45) is 0.221. The van der Waals surface area contributed by atoms with Gasteiger partial charge in [0.15, 0.2) is 17.3 Å². The first-order valence-electron chi connectivity index (χ1n) is 11.3. The van der Waals surface area contributed by atoms with Crippen molar-refractivity contribution in [2.24, 2.45) is 11.3 Å². The molecule has 0 spiro atoms. The molecule has 2 aliphatic rings. The van der Waals surface area contributed by atoms with E-state index in [9.17, 15) is 14.7 Å². The summed E-state index contributed by atoms with van der Waals surface area (Å²) in [5.74, 6) is -1.09. The molecule has 0 radical (unpaired) electrons. The minimum atomic E-state index is -0.619. The lowest BCUT2D eigenvalue weighted by Gasteiger charge is -2.44. The van der Waals surface area contributed by atoms with Crippen LogP contribution in [0.2, 0.25) is 0 Å². The predicted molar refractivity (Wildman–Crippen MR) is 130 cm³/mol. The summed E-state index contributed by atoms with van der Waals surface area (Å²) in [4.78, 5) is 26.7. The Kier molecular flexibility index (Phi) is 5.12. The van der Waals surface area contributed by atoms with Gasteiger partial charge in [-0.3, -0.25) is 9.59 Å². The third-order valence-electron chi connectivity index (χ3n) is 7.07. The number of benzene rings is 3. The zero-order chi connectivity index (χ0) is 24.2. The number of hydrogen-bond donors (Lipinski definition) is 2. The number of phenolic OH excluding ortho intramolecular Hbond substituents is 1. The molecule has 0 saturated heterocycles. The number of esters is 1. The van der Waals surface area contributed by atoms with E-state index >= 15 is 0 Å². The molecule has 2 atom stereocenters. The van der Waals surface area contributed by atoms with Crippen molar-refractivity contribution in [2.45, 2.75) is 26.2 Å². The van der Waals surface area contributed by atoms with Crippen LogP contribution in [0.4, 0.5) is 5.69 Å². The van der Waals surface area contributed by atoms with Gasteiger partial charge >= 0.3 is 5.97 Å². The van der Waals surface area contributed by atoms with Crippen molar-refractivity contribution in [3.8, 4) is 11.5 Å². The highest BCUT2D eigenvalue weighted by molar-refractivity contribution is 6.06. The van der Waals surface area contributed by atoms with E-state index in [1.54, 1.807) is 12.1 Å². The standard InChI is InChI=1S/C28H27NO5/c1-28(2)14-20(31)24-22(16-10-12-19(30)21(13-16)33-3)23-17-8-6-5-7-15(17)9-11-18(23)29-26(24)25(28)27(32)34-4/h5-13,22,25,29-30H,14H2,1-4H3. The predicted octanol–water partition coefficient (Wildman–Crippen LogP) is 5.15. The number of methoxy groups -OCH3 is 2. The lowest BCUT2D eigenvalue weighted by atomic mass is 9.63. The van der Waals surface area contributed by atoms with Gasteiger partial charge in [0.05, 0.1) is 14.2 Å². The van der Waals surface area contributed by atoms with Crippen molar-refractivity contribution in [3.63, 3.8) is 0 Å². The molecule has 2 unspecified atom stereocenters. The van der Waals surface area contributed by atoms with E-state index in [4.69, 9.17) is 9.47 Å². The van der Waals surface area contributed by atoms with Crippen molar-refractivity contribution < 1.29 is 24.2 Å². The van der Waals surface area contributed by atoms with E-state index in [1.165, 1.54) is 14.2 Å². The third-order valence-corrected chi connectivity index (χ3v) is 7.07. The second-order valence-corrected chi connectivity index (χ2v) is 9.61. The molecule has 6 heteroatoms. The quantitative estimate of drug-likeness (QED) is 0.529. The van der Waals surface area contributed by atoms with Gasteiger partial charge in [0.1, 0.15) is 5.92 Å². The Labute approximate surface area is 198 Å². The number of rotatable bonds is 3. The monoisotopic (exact) mass is 457 g/mol. The van der Waals surface area contributed by atoms with Crippen LogP contribution in [0.5, 0.6) is 11.5 Å². The van der Waals surface area contributed by atoms with Gasteiger partial charge in [-0.05, 0) is 45.5 Å². The van der Waals surface area contributed by atoms with Gasteiger partial charge < -0.3 is 19.9 Å². The summed E-state index contributed by atoms with van der Waals surface area (Å²) in [5, 5.41) is 15.8. The summed E-state index contributed by atoms with van der Waals surface area (Å²) in [6.45, 7) is 3.85. The topological polar surface area (TPSA) is 84.9 Å². The molecular formula is C28H27NO5. The fourth-order valence-corrected chi connectivity index (χ4v) is 5.53. The van der Waals surface area contributed by atoms with Crippen LogP contribution in [0.25, 0.3) is 10.8 Å². The van der Waals surface area contributed by atoms with Gasteiger partial charge in [-0.25, -0.2) is 0 Å². The average Bonchev–Trinajstić information content (AvgIpc) is 2.82. The Morgan fingerprint density at radius 3 is 2.59 bits per heavy atom. The number of Topliss-reactive ketones (excluding diaryl/α,β-unsaturated/α-hetero) is 1.